The highest BCUT2D eigenvalue weighted by Crippen LogP contribution is 2.33. The van der Waals surface area contributed by atoms with E-state index in [0.29, 0.717) is 17.9 Å². The largest absolute Gasteiger partial charge is 0.507 e. The lowest BCUT2D eigenvalue weighted by Gasteiger charge is -2.15. The van der Waals surface area contributed by atoms with Crippen LogP contribution in [0.5, 0.6) is 11.5 Å². The van der Waals surface area contributed by atoms with Crippen molar-refractivity contribution in [1.82, 2.24) is 0 Å². The second kappa shape index (κ2) is 21.7. The van der Waals surface area contributed by atoms with Crippen molar-refractivity contribution < 1.29 is 10.2 Å². The number of phenols is 2. The Kier molecular flexibility index (Phi) is 18.7. The highest BCUT2D eigenvalue weighted by Gasteiger charge is 2.14. The minimum atomic E-state index is 0.434. The van der Waals surface area contributed by atoms with Gasteiger partial charge in [-0.3, -0.25) is 0 Å². The molecule has 0 aliphatic carbocycles. The quantitative estimate of drug-likeness (QED) is 0.124. The Bertz CT molecular complexity index is 883. The Morgan fingerprint density at radius 3 is 0.976 bits per heavy atom. The molecule has 0 bridgehead atoms. The number of aryl methyl sites for hydroxylation is 4. The van der Waals surface area contributed by atoms with Crippen molar-refractivity contribution in [1.29, 1.82) is 0 Å². The summed E-state index contributed by atoms with van der Waals surface area (Å²) in [5.41, 5.74) is 6.40. The van der Waals surface area contributed by atoms with Crippen LogP contribution in [0.3, 0.4) is 0 Å². The van der Waals surface area contributed by atoms with E-state index in [0.717, 1.165) is 47.9 Å². The van der Waals surface area contributed by atoms with E-state index in [-0.39, 0.29) is 0 Å². The number of benzene rings is 2. The summed E-state index contributed by atoms with van der Waals surface area (Å²) in [6.45, 7) is 8.80. The highest BCUT2D eigenvalue weighted by molar-refractivity contribution is 5.50. The van der Waals surface area contributed by atoms with E-state index in [1.165, 1.54) is 127 Å². The van der Waals surface area contributed by atoms with Gasteiger partial charge in [0.1, 0.15) is 11.5 Å². The minimum Gasteiger partial charge on any atom is -0.507 e. The summed E-state index contributed by atoms with van der Waals surface area (Å²) in [6, 6.07) is 8.50. The number of rotatable bonds is 24. The van der Waals surface area contributed by atoms with Crippen molar-refractivity contribution in [3.05, 3.63) is 57.6 Å². The van der Waals surface area contributed by atoms with Gasteiger partial charge in [0, 0.05) is 6.42 Å². The lowest BCUT2D eigenvalue weighted by Crippen LogP contribution is -1.99. The number of unbranched alkanes of at least 4 members (excludes halogenated alkanes) is 18. The number of hydrogen-bond acceptors (Lipinski definition) is 2. The molecule has 0 radical (unpaired) electrons. The fourth-order valence-electron chi connectivity index (χ4n) is 6.33. The van der Waals surface area contributed by atoms with Crippen LogP contribution in [0.1, 0.15) is 176 Å². The first-order valence-electron chi connectivity index (χ1n) is 17.6. The zero-order chi connectivity index (χ0) is 29.7. The average molecular weight is 565 g/mol. The third-order valence-corrected chi connectivity index (χ3v) is 8.80. The molecule has 0 aliphatic rings. The predicted octanol–water partition coefficient (Wildman–Crippen LogP) is 12.2. The fraction of sp³-hybridized carbons (Fsp3) is 0.692. The van der Waals surface area contributed by atoms with Gasteiger partial charge < -0.3 is 10.2 Å². The first-order valence-corrected chi connectivity index (χ1v) is 17.6. The molecule has 2 N–H and O–H groups in total. The Hall–Kier alpha value is -1.96. The summed E-state index contributed by atoms with van der Waals surface area (Å²) < 4.78 is 0. The van der Waals surface area contributed by atoms with Gasteiger partial charge in [0.25, 0.3) is 0 Å². The van der Waals surface area contributed by atoms with E-state index in [1.54, 1.807) is 0 Å². The Labute approximate surface area is 254 Å². The Morgan fingerprint density at radius 2 is 0.659 bits per heavy atom. The second-order valence-corrected chi connectivity index (χ2v) is 12.9. The molecule has 232 valence electrons. The molecule has 0 spiro atoms. The standard InChI is InChI=1S/C39H64O2/c1-5-7-9-11-13-15-17-19-21-23-25-34-27-32(3)29-36(38(34)40)31-37-30-33(4)28-35(39(37)41)26-24-22-20-18-16-14-12-10-8-6-2/h27-30,40-41H,5-26,31H2,1-4H3. The van der Waals surface area contributed by atoms with Crippen LogP contribution in [0, 0.1) is 13.8 Å². The molecular formula is C39H64O2. The molecule has 0 atom stereocenters. The fourth-order valence-corrected chi connectivity index (χ4v) is 6.33. The molecule has 2 aromatic carbocycles. The molecule has 0 saturated heterocycles. The first-order chi connectivity index (χ1) is 20.0. The lowest BCUT2D eigenvalue weighted by molar-refractivity contribution is 0.453. The third kappa shape index (κ3) is 14.7. The highest BCUT2D eigenvalue weighted by atomic mass is 16.3. The van der Waals surface area contributed by atoms with Crippen molar-refractivity contribution in [3.63, 3.8) is 0 Å². The number of hydrogen-bond donors (Lipinski definition) is 2. The first kappa shape index (κ1) is 35.2. The minimum absolute atomic E-state index is 0.434. The van der Waals surface area contributed by atoms with Crippen molar-refractivity contribution in [2.75, 3.05) is 0 Å². The molecule has 41 heavy (non-hydrogen) atoms. The van der Waals surface area contributed by atoms with Gasteiger partial charge in [0.05, 0.1) is 0 Å². The monoisotopic (exact) mass is 564 g/mol. The van der Waals surface area contributed by atoms with Crippen LogP contribution in [0.4, 0.5) is 0 Å². The zero-order valence-corrected chi connectivity index (χ0v) is 27.5. The van der Waals surface area contributed by atoms with Crippen LogP contribution in [0.15, 0.2) is 24.3 Å². The Balaban J connectivity index is 1.82. The average Bonchev–Trinajstić information content (AvgIpc) is 2.95. The molecular weight excluding hydrogens is 500 g/mol. The van der Waals surface area contributed by atoms with Gasteiger partial charge in [-0.25, -0.2) is 0 Å². The summed E-state index contributed by atoms with van der Waals surface area (Å²) in [4.78, 5) is 0. The predicted molar refractivity (Wildman–Crippen MR) is 180 cm³/mol. The van der Waals surface area contributed by atoms with E-state index in [9.17, 15) is 10.2 Å². The van der Waals surface area contributed by atoms with E-state index in [1.807, 2.05) is 0 Å². The summed E-state index contributed by atoms with van der Waals surface area (Å²) in [6.07, 6.45) is 28.9. The van der Waals surface area contributed by atoms with Crippen LogP contribution in [-0.4, -0.2) is 10.2 Å². The van der Waals surface area contributed by atoms with Gasteiger partial charge in [-0.05, 0) is 61.8 Å². The normalized spacial score (nSPS) is 11.4. The van der Waals surface area contributed by atoms with Gasteiger partial charge in [-0.15, -0.1) is 0 Å². The van der Waals surface area contributed by atoms with E-state index in [4.69, 9.17) is 0 Å². The summed E-state index contributed by atoms with van der Waals surface area (Å²) in [5.74, 6) is 0.868. The third-order valence-electron chi connectivity index (χ3n) is 8.80. The molecule has 0 amide bonds. The lowest BCUT2D eigenvalue weighted by atomic mass is 9.93. The second-order valence-electron chi connectivity index (χ2n) is 12.9. The van der Waals surface area contributed by atoms with Crippen LogP contribution in [0.2, 0.25) is 0 Å². The van der Waals surface area contributed by atoms with Crippen molar-refractivity contribution >= 4 is 0 Å². The Morgan fingerprint density at radius 1 is 0.390 bits per heavy atom. The van der Waals surface area contributed by atoms with Gasteiger partial charge >= 0.3 is 0 Å². The molecule has 2 rings (SSSR count). The van der Waals surface area contributed by atoms with E-state index >= 15 is 0 Å². The smallest absolute Gasteiger partial charge is 0.122 e. The van der Waals surface area contributed by atoms with E-state index in [2.05, 4.69) is 52.0 Å². The van der Waals surface area contributed by atoms with Crippen LogP contribution in [0.25, 0.3) is 0 Å². The molecule has 2 aromatic rings. The van der Waals surface area contributed by atoms with E-state index < -0.39 is 0 Å². The summed E-state index contributed by atoms with van der Waals surface area (Å²) in [7, 11) is 0. The van der Waals surface area contributed by atoms with Crippen molar-refractivity contribution in [3.8, 4) is 11.5 Å². The molecule has 2 heteroatoms. The van der Waals surface area contributed by atoms with Crippen LogP contribution in [-0.2, 0) is 19.3 Å². The summed E-state index contributed by atoms with van der Waals surface area (Å²) in [5, 5.41) is 22.3. The molecule has 0 heterocycles. The molecule has 2 nitrogen and oxygen atoms in total. The SMILES string of the molecule is CCCCCCCCCCCCc1cc(C)cc(Cc2cc(C)cc(CCCCCCCCCCCC)c2O)c1O. The molecule has 0 aliphatic heterocycles. The van der Waals surface area contributed by atoms with Crippen LogP contribution >= 0.6 is 0 Å². The zero-order valence-electron chi connectivity index (χ0n) is 27.5. The maximum Gasteiger partial charge on any atom is 0.122 e. The van der Waals surface area contributed by atoms with Gasteiger partial charge in [0.15, 0.2) is 0 Å². The molecule has 0 fully saturated rings. The van der Waals surface area contributed by atoms with Gasteiger partial charge in [0.2, 0.25) is 0 Å². The van der Waals surface area contributed by atoms with Crippen LogP contribution < -0.4 is 0 Å². The molecule has 0 aromatic heterocycles. The number of phenolic OH excluding ortho intramolecular Hbond substituents is 2. The molecule has 0 unspecified atom stereocenters. The van der Waals surface area contributed by atoms with Crippen molar-refractivity contribution in [2.24, 2.45) is 0 Å². The maximum absolute atomic E-state index is 11.2. The van der Waals surface area contributed by atoms with Gasteiger partial charge in [-0.2, -0.15) is 0 Å². The topological polar surface area (TPSA) is 40.5 Å². The van der Waals surface area contributed by atoms with Gasteiger partial charge in [-0.1, -0.05) is 165 Å². The summed E-state index contributed by atoms with van der Waals surface area (Å²) >= 11 is 0. The van der Waals surface area contributed by atoms with Crippen molar-refractivity contribution in [2.45, 2.75) is 175 Å². The maximum atomic E-state index is 11.2. The number of aromatic hydroxyl groups is 2. The molecule has 0 saturated carbocycles.